The Bertz CT molecular complexity index is 330. The zero-order chi connectivity index (χ0) is 11.3. The summed E-state index contributed by atoms with van der Waals surface area (Å²) < 4.78 is 0.157. The van der Waals surface area contributed by atoms with Crippen LogP contribution in [0.1, 0.15) is 20.8 Å². The van der Waals surface area contributed by atoms with Crippen molar-refractivity contribution in [3.8, 4) is 0 Å². The zero-order valence-corrected chi connectivity index (χ0v) is 9.88. The van der Waals surface area contributed by atoms with Crippen molar-refractivity contribution < 1.29 is 5.21 Å². The van der Waals surface area contributed by atoms with E-state index in [1.165, 1.54) is 6.34 Å². The fourth-order valence-corrected chi connectivity index (χ4v) is 1.80. The first-order valence-electron chi connectivity index (χ1n) is 4.58. The summed E-state index contributed by atoms with van der Waals surface area (Å²) in [6, 6.07) is 3.77. The molecule has 1 aromatic heterocycles. The molecule has 0 saturated heterocycles. The summed E-state index contributed by atoms with van der Waals surface area (Å²) in [5.74, 6) is 0. The van der Waals surface area contributed by atoms with Crippen molar-refractivity contribution in [1.29, 1.82) is 0 Å². The fourth-order valence-electron chi connectivity index (χ4n) is 0.926. The molecule has 0 amide bonds. The molecule has 5 heteroatoms. The molecule has 0 atom stereocenters. The van der Waals surface area contributed by atoms with Crippen molar-refractivity contribution in [2.24, 2.45) is 4.99 Å². The quantitative estimate of drug-likeness (QED) is 0.359. The predicted molar refractivity (Wildman–Crippen MR) is 62.9 cm³/mol. The SMILES string of the molecule is CC(C)(C)Sc1ccc(N=CNO)cn1. The lowest BCUT2D eigenvalue weighted by Crippen LogP contribution is -2.07. The normalized spacial score (nSPS) is 12.0. The first-order valence-corrected chi connectivity index (χ1v) is 5.40. The van der Waals surface area contributed by atoms with Gasteiger partial charge in [0.1, 0.15) is 6.34 Å². The average molecular weight is 225 g/mol. The van der Waals surface area contributed by atoms with E-state index in [9.17, 15) is 0 Å². The van der Waals surface area contributed by atoms with Crippen LogP contribution in [0.4, 0.5) is 5.69 Å². The highest BCUT2D eigenvalue weighted by Crippen LogP contribution is 2.30. The molecule has 0 aromatic carbocycles. The molecule has 0 spiro atoms. The van der Waals surface area contributed by atoms with Crippen LogP contribution in [0, 0.1) is 0 Å². The van der Waals surface area contributed by atoms with Crippen LogP contribution in [0.3, 0.4) is 0 Å². The van der Waals surface area contributed by atoms with Crippen molar-refractivity contribution >= 4 is 23.8 Å². The number of aromatic nitrogens is 1. The van der Waals surface area contributed by atoms with Gasteiger partial charge in [-0.15, -0.1) is 11.8 Å². The van der Waals surface area contributed by atoms with Crippen molar-refractivity contribution in [2.45, 2.75) is 30.5 Å². The monoisotopic (exact) mass is 225 g/mol. The summed E-state index contributed by atoms with van der Waals surface area (Å²) in [7, 11) is 0. The summed E-state index contributed by atoms with van der Waals surface area (Å²) in [4.78, 5) is 8.16. The van der Waals surface area contributed by atoms with E-state index < -0.39 is 0 Å². The molecule has 1 rings (SSSR count). The fraction of sp³-hybridized carbons (Fsp3) is 0.400. The Balaban J connectivity index is 2.68. The minimum Gasteiger partial charge on any atom is -0.290 e. The van der Waals surface area contributed by atoms with Gasteiger partial charge in [-0.3, -0.25) is 10.7 Å². The molecule has 0 radical (unpaired) electrons. The van der Waals surface area contributed by atoms with Crippen LogP contribution in [0.25, 0.3) is 0 Å². The Hall–Kier alpha value is -1.07. The van der Waals surface area contributed by atoms with Crippen molar-refractivity contribution in [2.75, 3.05) is 0 Å². The minimum atomic E-state index is 0.157. The lowest BCUT2D eigenvalue weighted by Gasteiger charge is -2.16. The number of pyridine rings is 1. The lowest BCUT2D eigenvalue weighted by molar-refractivity contribution is 0.240. The second-order valence-corrected chi connectivity index (χ2v) is 5.80. The van der Waals surface area contributed by atoms with Gasteiger partial charge in [0.2, 0.25) is 0 Å². The Kier molecular flexibility index (Phi) is 4.11. The largest absolute Gasteiger partial charge is 0.290 e. The predicted octanol–water partition coefficient (Wildman–Crippen LogP) is 2.61. The molecular weight excluding hydrogens is 210 g/mol. The number of rotatable bonds is 3. The molecule has 0 aliphatic heterocycles. The topological polar surface area (TPSA) is 57.5 Å². The summed E-state index contributed by atoms with van der Waals surface area (Å²) in [6.07, 6.45) is 2.87. The Morgan fingerprint density at radius 2 is 2.20 bits per heavy atom. The third-order valence-corrected chi connectivity index (χ3v) is 2.47. The standard InChI is InChI=1S/C10H15N3OS/c1-10(2,3)15-9-5-4-8(6-11-9)12-7-13-14/h4-7,14H,1-3H3,(H,12,13). The van der Waals surface area contributed by atoms with Crippen LogP contribution >= 0.6 is 11.8 Å². The van der Waals surface area contributed by atoms with Gasteiger partial charge in [0.05, 0.1) is 16.9 Å². The van der Waals surface area contributed by atoms with Gasteiger partial charge in [-0.25, -0.2) is 9.98 Å². The highest BCUT2D eigenvalue weighted by atomic mass is 32.2. The number of hydroxylamine groups is 1. The van der Waals surface area contributed by atoms with Crippen molar-refractivity contribution in [1.82, 2.24) is 10.5 Å². The molecule has 0 aliphatic carbocycles. The second-order valence-electron chi connectivity index (χ2n) is 3.96. The average Bonchev–Trinajstić information content (AvgIpc) is 2.14. The van der Waals surface area contributed by atoms with Crippen LogP contribution in [-0.4, -0.2) is 21.3 Å². The van der Waals surface area contributed by atoms with Gasteiger partial charge in [0.15, 0.2) is 0 Å². The number of thioether (sulfide) groups is 1. The maximum absolute atomic E-state index is 8.31. The molecule has 2 N–H and O–H groups in total. The van der Waals surface area contributed by atoms with Crippen LogP contribution in [0.2, 0.25) is 0 Å². The van der Waals surface area contributed by atoms with Gasteiger partial charge < -0.3 is 0 Å². The number of aliphatic imine (C=N–C) groups is 1. The van der Waals surface area contributed by atoms with Gasteiger partial charge in [0.25, 0.3) is 0 Å². The van der Waals surface area contributed by atoms with Gasteiger partial charge in [-0.05, 0) is 12.1 Å². The first kappa shape index (κ1) is 12.0. The van der Waals surface area contributed by atoms with E-state index in [0.717, 1.165) is 5.03 Å². The van der Waals surface area contributed by atoms with E-state index in [0.29, 0.717) is 5.69 Å². The Labute approximate surface area is 93.8 Å². The smallest absolute Gasteiger partial charge is 0.113 e. The molecule has 82 valence electrons. The molecule has 0 saturated carbocycles. The van der Waals surface area contributed by atoms with Gasteiger partial charge in [-0.1, -0.05) is 20.8 Å². The van der Waals surface area contributed by atoms with E-state index in [2.05, 4.69) is 30.7 Å². The Morgan fingerprint density at radius 3 is 2.67 bits per heavy atom. The third-order valence-electron chi connectivity index (χ3n) is 1.40. The molecule has 4 nitrogen and oxygen atoms in total. The molecule has 0 unspecified atom stereocenters. The molecule has 0 aliphatic rings. The third kappa shape index (κ3) is 4.80. The van der Waals surface area contributed by atoms with E-state index in [1.807, 2.05) is 17.6 Å². The molecule has 0 fully saturated rings. The molecule has 1 aromatic rings. The number of hydrogen-bond donors (Lipinski definition) is 2. The van der Waals surface area contributed by atoms with Crippen LogP contribution in [0.5, 0.6) is 0 Å². The molecular formula is C10H15N3OS. The highest BCUT2D eigenvalue weighted by Gasteiger charge is 2.12. The van der Waals surface area contributed by atoms with E-state index >= 15 is 0 Å². The first-order chi connectivity index (χ1) is 7.01. The number of nitrogens with one attached hydrogen (secondary N) is 1. The van der Waals surface area contributed by atoms with Gasteiger partial charge >= 0.3 is 0 Å². The molecule has 15 heavy (non-hydrogen) atoms. The summed E-state index contributed by atoms with van der Waals surface area (Å²) in [5, 5.41) is 9.28. The van der Waals surface area contributed by atoms with Crippen molar-refractivity contribution in [3.63, 3.8) is 0 Å². The van der Waals surface area contributed by atoms with Gasteiger partial charge in [-0.2, -0.15) is 0 Å². The maximum atomic E-state index is 8.31. The van der Waals surface area contributed by atoms with Crippen LogP contribution in [-0.2, 0) is 0 Å². The lowest BCUT2D eigenvalue weighted by atomic mass is 10.3. The van der Waals surface area contributed by atoms with Crippen LogP contribution < -0.4 is 5.48 Å². The Morgan fingerprint density at radius 1 is 1.47 bits per heavy atom. The summed E-state index contributed by atoms with van der Waals surface area (Å²) >= 11 is 1.71. The number of nitrogens with zero attached hydrogens (tertiary/aromatic N) is 2. The summed E-state index contributed by atoms with van der Waals surface area (Å²) in [6.45, 7) is 6.42. The van der Waals surface area contributed by atoms with Crippen molar-refractivity contribution in [3.05, 3.63) is 18.3 Å². The number of hydrogen-bond acceptors (Lipinski definition) is 4. The summed E-state index contributed by atoms with van der Waals surface area (Å²) in [5.41, 5.74) is 2.55. The maximum Gasteiger partial charge on any atom is 0.113 e. The van der Waals surface area contributed by atoms with Gasteiger partial charge in [0, 0.05) is 4.75 Å². The molecule has 0 bridgehead atoms. The minimum absolute atomic E-state index is 0.157. The van der Waals surface area contributed by atoms with E-state index in [1.54, 1.807) is 18.0 Å². The zero-order valence-electron chi connectivity index (χ0n) is 9.06. The van der Waals surface area contributed by atoms with Crippen LogP contribution in [0.15, 0.2) is 28.3 Å². The van der Waals surface area contributed by atoms with E-state index in [4.69, 9.17) is 5.21 Å². The van der Waals surface area contributed by atoms with E-state index in [-0.39, 0.29) is 4.75 Å². The second kappa shape index (κ2) is 5.14. The molecule has 1 heterocycles. The highest BCUT2D eigenvalue weighted by molar-refractivity contribution is 8.00.